The van der Waals surface area contributed by atoms with Gasteiger partial charge in [0.2, 0.25) is 0 Å². The highest BCUT2D eigenvalue weighted by molar-refractivity contribution is 4.95. The van der Waals surface area contributed by atoms with E-state index in [2.05, 4.69) is 27.2 Å². The van der Waals surface area contributed by atoms with E-state index in [1.165, 1.54) is 6.42 Å². The summed E-state index contributed by atoms with van der Waals surface area (Å²) in [5.74, 6) is 0. The maximum atomic E-state index is 4.27. The van der Waals surface area contributed by atoms with Gasteiger partial charge in [-0.05, 0) is 20.0 Å². The van der Waals surface area contributed by atoms with Crippen LogP contribution in [0.25, 0.3) is 0 Å². The van der Waals surface area contributed by atoms with Crippen molar-refractivity contribution < 1.29 is 0 Å². The number of hydrogen-bond acceptors (Lipinski definition) is 4. The summed E-state index contributed by atoms with van der Waals surface area (Å²) in [6.45, 7) is 3.12. The summed E-state index contributed by atoms with van der Waals surface area (Å²) < 4.78 is 0. The third-order valence-corrected chi connectivity index (χ3v) is 2.69. The lowest BCUT2D eigenvalue weighted by molar-refractivity contribution is 0.246. The second-order valence-electron chi connectivity index (χ2n) is 3.76. The first-order chi connectivity index (χ1) is 6.86. The van der Waals surface area contributed by atoms with Gasteiger partial charge >= 0.3 is 0 Å². The number of rotatable bonds is 3. The van der Waals surface area contributed by atoms with Crippen molar-refractivity contribution >= 4 is 0 Å². The fourth-order valence-corrected chi connectivity index (χ4v) is 1.81. The van der Waals surface area contributed by atoms with E-state index < -0.39 is 0 Å². The van der Waals surface area contributed by atoms with Gasteiger partial charge in [-0.1, -0.05) is 0 Å². The van der Waals surface area contributed by atoms with Crippen LogP contribution in [0.3, 0.4) is 0 Å². The molecular formula is C10H16N4. The average molecular weight is 192 g/mol. The van der Waals surface area contributed by atoms with E-state index in [1.54, 1.807) is 12.4 Å². The quantitative estimate of drug-likeness (QED) is 0.746. The van der Waals surface area contributed by atoms with Crippen molar-refractivity contribution in [2.45, 2.75) is 19.0 Å². The van der Waals surface area contributed by atoms with Gasteiger partial charge in [-0.2, -0.15) is 0 Å². The lowest BCUT2D eigenvalue weighted by Crippen LogP contribution is -2.33. The minimum absolute atomic E-state index is 0.650. The Morgan fingerprint density at radius 1 is 1.57 bits per heavy atom. The summed E-state index contributed by atoms with van der Waals surface area (Å²) in [7, 11) is 2.15. The summed E-state index contributed by atoms with van der Waals surface area (Å²) in [6, 6.07) is 0.650. The molecule has 0 radical (unpaired) electrons. The molecule has 1 saturated heterocycles. The number of aromatic nitrogens is 2. The molecule has 1 aromatic heterocycles. The molecular weight excluding hydrogens is 176 g/mol. The number of nitrogens with zero attached hydrogens (tertiary/aromatic N) is 3. The van der Waals surface area contributed by atoms with Gasteiger partial charge in [0, 0.05) is 37.7 Å². The molecule has 1 fully saturated rings. The Labute approximate surface area is 84.4 Å². The van der Waals surface area contributed by atoms with Gasteiger partial charge in [0.1, 0.15) is 0 Å². The molecule has 4 nitrogen and oxygen atoms in total. The Morgan fingerprint density at radius 2 is 2.50 bits per heavy atom. The summed E-state index contributed by atoms with van der Waals surface area (Å²) in [6.07, 6.45) is 6.52. The van der Waals surface area contributed by atoms with Gasteiger partial charge in [0.15, 0.2) is 0 Å². The Hall–Kier alpha value is -1.00. The van der Waals surface area contributed by atoms with Gasteiger partial charge in [0.25, 0.3) is 0 Å². The SMILES string of the molecule is CN(Cc1cnccn1)[C@H]1CCNC1. The molecule has 2 rings (SSSR count). The Morgan fingerprint density at radius 3 is 3.14 bits per heavy atom. The third-order valence-electron chi connectivity index (χ3n) is 2.69. The standard InChI is InChI=1S/C10H16N4/c1-14(10-2-3-11-7-10)8-9-6-12-4-5-13-9/h4-6,10-11H,2-3,7-8H2,1H3/t10-/m0/s1. The van der Waals surface area contributed by atoms with Crippen molar-refractivity contribution in [1.29, 1.82) is 0 Å². The summed E-state index contributed by atoms with van der Waals surface area (Å²) in [4.78, 5) is 10.7. The molecule has 1 atom stereocenters. The zero-order valence-electron chi connectivity index (χ0n) is 8.48. The second-order valence-corrected chi connectivity index (χ2v) is 3.76. The zero-order chi connectivity index (χ0) is 9.80. The van der Waals surface area contributed by atoms with E-state index in [4.69, 9.17) is 0 Å². The minimum Gasteiger partial charge on any atom is -0.315 e. The van der Waals surface area contributed by atoms with Crippen LogP contribution in [-0.4, -0.2) is 41.0 Å². The zero-order valence-corrected chi connectivity index (χ0v) is 8.48. The number of hydrogen-bond donors (Lipinski definition) is 1. The van der Waals surface area contributed by atoms with Crippen molar-refractivity contribution in [2.24, 2.45) is 0 Å². The molecule has 0 unspecified atom stereocenters. The molecule has 14 heavy (non-hydrogen) atoms. The predicted octanol–water partition coefficient (Wildman–Crippen LogP) is 0.270. The lowest BCUT2D eigenvalue weighted by atomic mass is 10.2. The normalized spacial score (nSPS) is 21.7. The first-order valence-electron chi connectivity index (χ1n) is 5.02. The molecule has 76 valence electrons. The molecule has 1 aliphatic heterocycles. The van der Waals surface area contributed by atoms with Crippen molar-refractivity contribution in [1.82, 2.24) is 20.2 Å². The highest BCUT2D eigenvalue weighted by Crippen LogP contribution is 2.08. The van der Waals surface area contributed by atoms with Crippen LogP contribution < -0.4 is 5.32 Å². The first-order valence-corrected chi connectivity index (χ1v) is 5.02. The highest BCUT2D eigenvalue weighted by Gasteiger charge is 2.19. The van der Waals surface area contributed by atoms with E-state index in [1.807, 2.05) is 6.20 Å². The van der Waals surface area contributed by atoms with Crippen LogP contribution in [0.1, 0.15) is 12.1 Å². The van der Waals surface area contributed by atoms with Crippen LogP contribution in [0.15, 0.2) is 18.6 Å². The van der Waals surface area contributed by atoms with E-state index in [-0.39, 0.29) is 0 Å². The molecule has 0 saturated carbocycles. The van der Waals surface area contributed by atoms with Crippen LogP contribution in [0.2, 0.25) is 0 Å². The van der Waals surface area contributed by atoms with E-state index in [9.17, 15) is 0 Å². The van der Waals surface area contributed by atoms with Crippen molar-refractivity contribution in [2.75, 3.05) is 20.1 Å². The van der Waals surface area contributed by atoms with Gasteiger partial charge < -0.3 is 5.32 Å². The molecule has 0 bridgehead atoms. The molecule has 1 N–H and O–H groups in total. The minimum atomic E-state index is 0.650. The summed E-state index contributed by atoms with van der Waals surface area (Å²) >= 11 is 0. The van der Waals surface area contributed by atoms with E-state index in [0.29, 0.717) is 6.04 Å². The predicted molar refractivity (Wildman–Crippen MR) is 54.8 cm³/mol. The van der Waals surface area contributed by atoms with Crippen LogP contribution in [0.4, 0.5) is 0 Å². The smallest absolute Gasteiger partial charge is 0.0726 e. The fraction of sp³-hybridized carbons (Fsp3) is 0.600. The highest BCUT2D eigenvalue weighted by atomic mass is 15.2. The summed E-state index contributed by atoms with van der Waals surface area (Å²) in [5, 5.41) is 3.36. The molecule has 0 aromatic carbocycles. The van der Waals surface area contributed by atoms with Crippen molar-refractivity contribution in [3.8, 4) is 0 Å². The van der Waals surface area contributed by atoms with Gasteiger partial charge in [0.05, 0.1) is 5.69 Å². The monoisotopic (exact) mass is 192 g/mol. The van der Waals surface area contributed by atoms with Gasteiger partial charge in [-0.25, -0.2) is 0 Å². The molecule has 4 heteroatoms. The fourth-order valence-electron chi connectivity index (χ4n) is 1.81. The van der Waals surface area contributed by atoms with Crippen LogP contribution >= 0.6 is 0 Å². The molecule has 0 spiro atoms. The van der Waals surface area contributed by atoms with E-state index >= 15 is 0 Å². The maximum absolute atomic E-state index is 4.27. The largest absolute Gasteiger partial charge is 0.315 e. The topological polar surface area (TPSA) is 41.1 Å². The Kier molecular flexibility index (Phi) is 3.06. The molecule has 0 amide bonds. The second kappa shape index (κ2) is 4.48. The lowest BCUT2D eigenvalue weighted by Gasteiger charge is -2.22. The van der Waals surface area contributed by atoms with Crippen molar-refractivity contribution in [3.63, 3.8) is 0 Å². The van der Waals surface area contributed by atoms with Gasteiger partial charge in [-0.15, -0.1) is 0 Å². The third kappa shape index (κ3) is 2.27. The van der Waals surface area contributed by atoms with Crippen LogP contribution in [-0.2, 0) is 6.54 Å². The molecule has 2 heterocycles. The first kappa shape index (κ1) is 9.55. The maximum Gasteiger partial charge on any atom is 0.0726 e. The Bertz CT molecular complexity index is 269. The molecule has 0 aliphatic carbocycles. The van der Waals surface area contributed by atoms with Crippen molar-refractivity contribution in [3.05, 3.63) is 24.3 Å². The Balaban J connectivity index is 1.90. The van der Waals surface area contributed by atoms with E-state index in [0.717, 1.165) is 25.3 Å². The molecule has 1 aromatic rings. The number of likely N-dealkylation sites (N-methyl/N-ethyl adjacent to an activating group) is 1. The summed E-state index contributed by atoms with van der Waals surface area (Å²) in [5.41, 5.74) is 1.04. The average Bonchev–Trinajstić information content (AvgIpc) is 2.72. The molecule has 1 aliphatic rings. The number of nitrogens with one attached hydrogen (secondary N) is 1. The van der Waals surface area contributed by atoms with Crippen LogP contribution in [0, 0.1) is 0 Å². The van der Waals surface area contributed by atoms with Crippen LogP contribution in [0.5, 0.6) is 0 Å². The van der Waals surface area contributed by atoms with Gasteiger partial charge in [-0.3, -0.25) is 14.9 Å².